The van der Waals surface area contributed by atoms with E-state index in [2.05, 4.69) is 10.3 Å². The number of benzene rings is 2. The van der Waals surface area contributed by atoms with Crippen LogP contribution >= 0.6 is 22.9 Å². The molecule has 0 bridgehead atoms. The molecule has 2 aromatic carbocycles. The molecule has 1 aromatic heterocycles. The fraction of sp³-hybridized carbons (Fsp3) is 0.190. The number of nitrogens with one attached hydrogen (secondary N) is 1. The van der Waals surface area contributed by atoms with Crippen LogP contribution in [0, 0.1) is 0 Å². The van der Waals surface area contributed by atoms with E-state index < -0.39 is 0 Å². The van der Waals surface area contributed by atoms with Gasteiger partial charge in [-0.1, -0.05) is 23.7 Å². The summed E-state index contributed by atoms with van der Waals surface area (Å²) >= 11 is 7.31. The van der Waals surface area contributed by atoms with Crippen molar-refractivity contribution in [2.45, 2.75) is 12.8 Å². The molecule has 8 heteroatoms. The molecule has 1 aliphatic rings. The van der Waals surface area contributed by atoms with E-state index in [4.69, 9.17) is 16.3 Å². The average molecular weight is 428 g/mol. The van der Waals surface area contributed by atoms with E-state index in [1.165, 1.54) is 11.3 Å². The third kappa shape index (κ3) is 4.11. The number of rotatable bonds is 5. The molecule has 3 aromatic rings. The van der Waals surface area contributed by atoms with E-state index in [0.717, 1.165) is 17.0 Å². The number of halogens is 1. The predicted molar refractivity (Wildman–Crippen MR) is 115 cm³/mol. The van der Waals surface area contributed by atoms with Crippen LogP contribution in [-0.4, -0.2) is 30.5 Å². The van der Waals surface area contributed by atoms with Crippen LogP contribution in [0.1, 0.15) is 23.3 Å². The molecule has 2 heterocycles. The van der Waals surface area contributed by atoms with Gasteiger partial charge in [-0.15, -0.1) is 11.3 Å². The lowest BCUT2D eigenvalue weighted by atomic mass is 10.2. The minimum atomic E-state index is -0.315. The predicted octanol–water partition coefficient (Wildman–Crippen LogP) is 4.85. The number of ether oxygens (including phenoxy) is 1. The summed E-state index contributed by atoms with van der Waals surface area (Å²) in [7, 11) is 1.56. The van der Waals surface area contributed by atoms with Crippen molar-refractivity contribution < 1.29 is 14.3 Å². The normalized spacial score (nSPS) is 13.6. The Morgan fingerprint density at radius 3 is 2.72 bits per heavy atom. The largest absolute Gasteiger partial charge is 0.495 e. The molecule has 1 N–H and O–H groups in total. The molecule has 0 aliphatic carbocycles. The Hall–Kier alpha value is -2.90. The summed E-state index contributed by atoms with van der Waals surface area (Å²) in [6, 6.07) is 12.6. The Morgan fingerprint density at radius 1 is 1.24 bits per heavy atom. The van der Waals surface area contributed by atoms with Gasteiger partial charge in [0.25, 0.3) is 5.91 Å². The van der Waals surface area contributed by atoms with Crippen molar-refractivity contribution in [2.75, 3.05) is 23.9 Å². The summed E-state index contributed by atoms with van der Waals surface area (Å²) in [6.45, 7) is 0.642. The first-order chi connectivity index (χ1) is 14.0. The van der Waals surface area contributed by atoms with E-state index in [9.17, 15) is 9.59 Å². The molecule has 0 saturated carbocycles. The second-order valence-electron chi connectivity index (χ2n) is 6.53. The zero-order chi connectivity index (χ0) is 20.4. The highest BCUT2D eigenvalue weighted by molar-refractivity contribution is 7.13. The molecule has 2 amide bonds. The number of nitrogens with zero attached hydrogens (tertiary/aromatic N) is 2. The molecule has 0 radical (unpaired) electrons. The summed E-state index contributed by atoms with van der Waals surface area (Å²) < 4.78 is 5.38. The molecular formula is C21H18ClN3O3S. The highest BCUT2D eigenvalue weighted by Crippen LogP contribution is 2.34. The average Bonchev–Trinajstić information content (AvgIpc) is 3.38. The first-order valence-corrected chi connectivity index (χ1v) is 10.3. The number of carbonyl (C=O) groups excluding carboxylic acids is 2. The van der Waals surface area contributed by atoms with E-state index in [1.54, 1.807) is 47.7 Å². The Morgan fingerprint density at radius 2 is 2.03 bits per heavy atom. The highest BCUT2D eigenvalue weighted by atomic mass is 35.5. The van der Waals surface area contributed by atoms with Gasteiger partial charge in [-0.05, 0) is 36.8 Å². The lowest BCUT2D eigenvalue weighted by molar-refractivity contribution is -0.117. The summed E-state index contributed by atoms with van der Waals surface area (Å²) in [5, 5.41) is 5.96. The van der Waals surface area contributed by atoms with Gasteiger partial charge in [-0.2, -0.15) is 0 Å². The van der Waals surface area contributed by atoms with E-state index in [1.807, 2.05) is 12.1 Å². The Bertz CT molecular complexity index is 1070. The van der Waals surface area contributed by atoms with Crippen molar-refractivity contribution in [1.29, 1.82) is 0 Å². The van der Waals surface area contributed by atoms with Gasteiger partial charge in [-0.25, -0.2) is 4.98 Å². The fourth-order valence-electron chi connectivity index (χ4n) is 3.18. The Balaban J connectivity index is 1.54. The smallest absolute Gasteiger partial charge is 0.275 e. The highest BCUT2D eigenvalue weighted by Gasteiger charge is 2.25. The molecule has 1 aliphatic heterocycles. The topological polar surface area (TPSA) is 71.5 Å². The lowest BCUT2D eigenvalue weighted by Gasteiger charge is -2.20. The van der Waals surface area contributed by atoms with Gasteiger partial charge in [0.1, 0.15) is 16.5 Å². The number of amides is 2. The summed E-state index contributed by atoms with van der Waals surface area (Å²) in [5.41, 5.74) is 2.46. The van der Waals surface area contributed by atoms with Crippen molar-refractivity contribution in [3.63, 3.8) is 0 Å². The van der Waals surface area contributed by atoms with Gasteiger partial charge in [0.05, 0.1) is 12.8 Å². The first-order valence-electron chi connectivity index (χ1n) is 9.06. The second kappa shape index (κ2) is 8.23. The van der Waals surface area contributed by atoms with Crippen molar-refractivity contribution in [2.24, 2.45) is 0 Å². The Kier molecular flexibility index (Phi) is 5.51. The molecule has 1 saturated heterocycles. The van der Waals surface area contributed by atoms with Crippen LogP contribution in [0.15, 0.2) is 47.8 Å². The molecular weight excluding hydrogens is 410 g/mol. The molecule has 0 unspecified atom stereocenters. The lowest BCUT2D eigenvalue weighted by Crippen LogP contribution is -2.24. The first kappa shape index (κ1) is 19.4. The van der Waals surface area contributed by atoms with Crippen LogP contribution < -0.4 is 15.0 Å². The minimum Gasteiger partial charge on any atom is -0.495 e. The van der Waals surface area contributed by atoms with Crippen LogP contribution in [0.2, 0.25) is 5.02 Å². The van der Waals surface area contributed by atoms with Gasteiger partial charge < -0.3 is 15.0 Å². The molecule has 0 spiro atoms. The van der Waals surface area contributed by atoms with Crippen LogP contribution in [0.5, 0.6) is 5.75 Å². The van der Waals surface area contributed by atoms with Gasteiger partial charge in [-0.3, -0.25) is 9.59 Å². The fourth-order valence-corrected chi connectivity index (χ4v) is 4.11. The third-order valence-electron chi connectivity index (χ3n) is 4.63. The molecule has 148 valence electrons. The minimum absolute atomic E-state index is 0.0545. The number of carbonyl (C=O) groups is 2. The van der Waals surface area contributed by atoms with Gasteiger partial charge in [0.2, 0.25) is 5.91 Å². The van der Waals surface area contributed by atoms with Crippen LogP contribution in [0.3, 0.4) is 0 Å². The summed E-state index contributed by atoms with van der Waals surface area (Å²) in [5.74, 6) is 0.334. The third-order valence-corrected chi connectivity index (χ3v) is 5.77. The quantitative estimate of drug-likeness (QED) is 0.631. The molecule has 1 fully saturated rings. The van der Waals surface area contributed by atoms with Crippen molar-refractivity contribution in [3.8, 4) is 16.3 Å². The van der Waals surface area contributed by atoms with Gasteiger partial charge >= 0.3 is 0 Å². The summed E-state index contributed by atoms with van der Waals surface area (Å²) in [4.78, 5) is 30.9. The maximum absolute atomic E-state index is 12.7. The van der Waals surface area contributed by atoms with Crippen molar-refractivity contribution in [1.82, 2.24) is 4.98 Å². The number of thiazole rings is 1. The van der Waals surface area contributed by atoms with Crippen molar-refractivity contribution >= 4 is 46.1 Å². The monoisotopic (exact) mass is 427 g/mol. The van der Waals surface area contributed by atoms with E-state index in [-0.39, 0.29) is 11.8 Å². The van der Waals surface area contributed by atoms with Crippen LogP contribution in [0.4, 0.5) is 11.4 Å². The standard InChI is InChI=1S/C21H18ClN3O3S/c1-28-18-9-8-15(11-17(18)25-10-2-3-19(25)26)23-20(27)16-12-29-21(24-16)13-4-6-14(22)7-5-13/h4-9,11-12H,2-3,10H2,1H3,(H,23,27). The second-order valence-corrected chi connectivity index (χ2v) is 7.83. The SMILES string of the molecule is COc1ccc(NC(=O)c2csc(-c3ccc(Cl)cc3)n2)cc1N1CCCC1=O. The Labute approximate surface area is 177 Å². The number of hydrogen-bond donors (Lipinski definition) is 1. The maximum atomic E-state index is 12.7. The molecule has 6 nitrogen and oxygen atoms in total. The van der Waals surface area contributed by atoms with Crippen LogP contribution in [-0.2, 0) is 4.79 Å². The maximum Gasteiger partial charge on any atom is 0.275 e. The van der Waals surface area contributed by atoms with Gasteiger partial charge in [0.15, 0.2) is 0 Å². The van der Waals surface area contributed by atoms with Gasteiger partial charge in [0, 0.05) is 34.6 Å². The molecule has 0 atom stereocenters. The van der Waals surface area contributed by atoms with E-state index >= 15 is 0 Å². The van der Waals surface area contributed by atoms with E-state index in [0.29, 0.717) is 40.8 Å². The van der Waals surface area contributed by atoms with Crippen LogP contribution in [0.25, 0.3) is 10.6 Å². The number of methoxy groups -OCH3 is 1. The van der Waals surface area contributed by atoms with Crippen molar-refractivity contribution in [3.05, 3.63) is 58.6 Å². The number of hydrogen-bond acceptors (Lipinski definition) is 5. The molecule has 4 rings (SSSR count). The zero-order valence-corrected chi connectivity index (χ0v) is 17.2. The number of anilines is 2. The number of aromatic nitrogens is 1. The summed E-state index contributed by atoms with van der Waals surface area (Å²) in [6.07, 6.45) is 1.33. The zero-order valence-electron chi connectivity index (χ0n) is 15.6. The molecule has 29 heavy (non-hydrogen) atoms.